The molecule has 14 heavy (non-hydrogen) atoms. The summed E-state index contributed by atoms with van der Waals surface area (Å²) in [7, 11) is 0. The van der Waals surface area contributed by atoms with Gasteiger partial charge in [0.25, 0.3) is 0 Å². The number of carbonyl (C=O) groups excluding carboxylic acids is 1. The molecule has 0 aliphatic carbocycles. The molecular weight excluding hydrogens is 180 g/mol. The van der Waals surface area contributed by atoms with Gasteiger partial charge in [-0.15, -0.1) is 0 Å². The summed E-state index contributed by atoms with van der Waals surface area (Å²) >= 11 is 0. The van der Waals surface area contributed by atoms with Crippen molar-refractivity contribution >= 4 is 11.5 Å². The first-order valence-corrected chi connectivity index (χ1v) is 4.23. The Balaban J connectivity index is 3.25. The maximum absolute atomic E-state index is 11.0. The summed E-state index contributed by atoms with van der Waals surface area (Å²) in [4.78, 5) is 11.0. The lowest BCUT2D eigenvalue weighted by Gasteiger charge is -2.05. The van der Waals surface area contributed by atoms with Crippen LogP contribution in [0.3, 0.4) is 0 Å². The monoisotopic (exact) mass is 192 g/mol. The number of ketones is 1. The van der Waals surface area contributed by atoms with E-state index in [1.807, 2.05) is 0 Å². The molecule has 0 heterocycles. The van der Waals surface area contributed by atoms with Gasteiger partial charge in [-0.25, -0.2) is 0 Å². The molecule has 0 unspecified atom stereocenters. The lowest BCUT2D eigenvalue weighted by molar-refractivity contribution is -0.113. The van der Waals surface area contributed by atoms with Gasteiger partial charge in [0, 0.05) is 5.57 Å². The Kier molecular flexibility index (Phi) is 2.92. The molecule has 2 N–H and O–H groups in total. The second kappa shape index (κ2) is 3.96. The van der Waals surface area contributed by atoms with Crippen molar-refractivity contribution in [3.8, 4) is 5.75 Å². The van der Waals surface area contributed by atoms with E-state index in [1.54, 1.807) is 18.2 Å². The molecule has 0 atom stereocenters. The molecule has 0 saturated heterocycles. The van der Waals surface area contributed by atoms with E-state index < -0.39 is 0 Å². The molecule has 0 bridgehead atoms. The van der Waals surface area contributed by atoms with Crippen molar-refractivity contribution in [3.63, 3.8) is 0 Å². The number of hydrogen-bond acceptors (Lipinski definition) is 3. The molecular formula is C11H12O3. The number of rotatable bonds is 2. The molecule has 1 rings (SSSR count). The SMILES string of the molecule is CC(=O)/C(C)=C(\O)c1ccccc1O. The maximum atomic E-state index is 11.0. The number of aliphatic hydroxyl groups is 1. The first-order chi connectivity index (χ1) is 6.54. The fourth-order valence-corrected chi connectivity index (χ4v) is 1.04. The van der Waals surface area contributed by atoms with Gasteiger partial charge in [0.2, 0.25) is 0 Å². The molecule has 3 nitrogen and oxygen atoms in total. The minimum atomic E-state index is -0.217. The van der Waals surface area contributed by atoms with Crippen LogP contribution < -0.4 is 0 Å². The highest BCUT2D eigenvalue weighted by atomic mass is 16.3. The molecule has 0 radical (unpaired) electrons. The van der Waals surface area contributed by atoms with E-state index in [0.29, 0.717) is 0 Å². The summed E-state index contributed by atoms with van der Waals surface area (Å²) in [6, 6.07) is 6.34. The molecule has 74 valence electrons. The second-order valence-electron chi connectivity index (χ2n) is 3.05. The van der Waals surface area contributed by atoms with E-state index in [2.05, 4.69) is 0 Å². The Bertz CT molecular complexity index is 391. The summed E-state index contributed by atoms with van der Waals surface area (Å²) in [5.74, 6) is -0.424. The van der Waals surface area contributed by atoms with E-state index in [1.165, 1.54) is 19.9 Å². The van der Waals surface area contributed by atoms with Crippen LogP contribution in [0.4, 0.5) is 0 Å². The van der Waals surface area contributed by atoms with Gasteiger partial charge in [-0.05, 0) is 26.0 Å². The number of para-hydroxylation sites is 1. The van der Waals surface area contributed by atoms with Crippen molar-refractivity contribution in [1.29, 1.82) is 0 Å². The van der Waals surface area contributed by atoms with Crippen molar-refractivity contribution < 1.29 is 15.0 Å². The van der Waals surface area contributed by atoms with Crippen LogP contribution >= 0.6 is 0 Å². The van der Waals surface area contributed by atoms with Gasteiger partial charge < -0.3 is 10.2 Å². The summed E-state index contributed by atoms with van der Waals surface area (Å²) in [5, 5.41) is 19.0. The first kappa shape index (κ1) is 10.3. The lowest BCUT2D eigenvalue weighted by Crippen LogP contribution is -1.97. The Morgan fingerprint density at radius 2 is 1.79 bits per heavy atom. The molecule has 0 aliphatic rings. The average molecular weight is 192 g/mol. The summed E-state index contributed by atoms with van der Waals surface area (Å²) < 4.78 is 0. The average Bonchev–Trinajstić information content (AvgIpc) is 2.16. The van der Waals surface area contributed by atoms with Crippen LogP contribution in [0.25, 0.3) is 5.76 Å². The molecule has 0 aliphatic heterocycles. The predicted octanol–water partition coefficient (Wildman–Crippen LogP) is 2.27. The highest BCUT2D eigenvalue weighted by molar-refractivity contribution is 5.99. The van der Waals surface area contributed by atoms with Gasteiger partial charge in [-0.1, -0.05) is 12.1 Å². The highest BCUT2D eigenvalue weighted by Crippen LogP contribution is 2.24. The zero-order chi connectivity index (χ0) is 10.7. The van der Waals surface area contributed by atoms with Crippen molar-refractivity contribution in [2.75, 3.05) is 0 Å². The van der Waals surface area contributed by atoms with Gasteiger partial charge >= 0.3 is 0 Å². The number of Topliss-reactive ketones (excluding diaryl/α,β-unsaturated/α-hetero) is 1. The van der Waals surface area contributed by atoms with Crippen LogP contribution in [0, 0.1) is 0 Å². The Labute approximate surface area is 82.3 Å². The van der Waals surface area contributed by atoms with E-state index in [0.717, 1.165) is 0 Å². The Hall–Kier alpha value is -1.77. The zero-order valence-electron chi connectivity index (χ0n) is 8.11. The predicted molar refractivity (Wildman–Crippen MR) is 54.0 cm³/mol. The summed E-state index contributed by atoms with van der Waals surface area (Å²) in [6.07, 6.45) is 0. The molecule has 1 aromatic rings. The van der Waals surface area contributed by atoms with Crippen LogP contribution in [0.2, 0.25) is 0 Å². The molecule has 3 heteroatoms. The van der Waals surface area contributed by atoms with E-state index in [9.17, 15) is 15.0 Å². The highest BCUT2D eigenvalue weighted by Gasteiger charge is 2.10. The summed E-state index contributed by atoms with van der Waals surface area (Å²) in [6.45, 7) is 2.88. The fourth-order valence-electron chi connectivity index (χ4n) is 1.04. The number of aromatic hydroxyl groups is 1. The third-order valence-electron chi connectivity index (χ3n) is 2.04. The van der Waals surface area contributed by atoms with Gasteiger partial charge in [-0.2, -0.15) is 0 Å². The normalized spacial score (nSPS) is 12.1. The Morgan fingerprint density at radius 3 is 2.29 bits per heavy atom. The van der Waals surface area contributed by atoms with Crippen molar-refractivity contribution in [1.82, 2.24) is 0 Å². The Morgan fingerprint density at radius 1 is 1.21 bits per heavy atom. The number of phenols is 1. The van der Waals surface area contributed by atoms with E-state index >= 15 is 0 Å². The molecule has 0 aromatic heterocycles. The van der Waals surface area contributed by atoms with Gasteiger partial charge in [-0.3, -0.25) is 4.79 Å². The van der Waals surface area contributed by atoms with E-state index in [4.69, 9.17) is 0 Å². The van der Waals surface area contributed by atoms with Crippen LogP contribution in [0.1, 0.15) is 19.4 Å². The van der Waals surface area contributed by atoms with Crippen LogP contribution in [0.15, 0.2) is 29.8 Å². The quantitative estimate of drug-likeness (QED) is 0.558. The van der Waals surface area contributed by atoms with Gasteiger partial charge in [0.15, 0.2) is 5.78 Å². The number of carbonyl (C=O) groups is 1. The summed E-state index contributed by atoms with van der Waals surface area (Å²) in [5.41, 5.74) is 0.520. The van der Waals surface area contributed by atoms with E-state index in [-0.39, 0.29) is 28.4 Å². The number of phenolic OH excluding ortho intramolecular Hbond substituents is 1. The number of hydrogen-bond donors (Lipinski definition) is 2. The second-order valence-corrected chi connectivity index (χ2v) is 3.05. The first-order valence-electron chi connectivity index (χ1n) is 4.23. The number of benzene rings is 1. The minimum Gasteiger partial charge on any atom is -0.507 e. The van der Waals surface area contributed by atoms with Crippen LogP contribution in [0.5, 0.6) is 5.75 Å². The topological polar surface area (TPSA) is 57.5 Å². The lowest BCUT2D eigenvalue weighted by atomic mass is 10.1. The number of aliphatic hydroxyl groups excluding tert-OH is 1. The standard InChI is InChI=1S/C11H12O3/c1-7(8(2)12)11(14)9-5-3-4-6-10(9)13/h3-6,13-14H,1-2H3/b11-7-. The largest absolute Gasteiger partial charge is 0.507 e. The van der Waals surface area contributed by atoms with Crippen molar-refractivity contribution in [2.45, 2.75) is 13.8 Å². The van der Waals surface area contributed by atoms with Crippen LogP contribution in [-0.2, 0) is 4.79 Å². The minimum absolute atomic E-state index is 0.0365. The molecule has 0 saturated carbocycles. The van der Waals surface area contributed by atoms with Gasteiger partial charge in [0.05, 0.1) is 5.56 Å². The zero-order valence-corrected chi connectivity index (χ0v) is 8.11. The van der Waals surface area contributed by atoms with Crippen molar-refractivity contribution in [3.05, 3.63) is 35.4 Å². The smallest absolute Gasteiger partial charge is 0.159 e. The van der Waals surface area contributed by atoms with Crippen molar-refractivity contribution in [2.24, 2.45) is 0 Å². The molecule has 0 spiro atoms. The maximum Gasteiger partial charge on any atom is 0.159 e. The number of allylic oxidation sites excluding steroid dienone is 1. The van der Waals surface area contributed by atoms with Crippen LogP contribution in [-0.4, -0.2) is 16.0 Å². The fraction of sp³-hybridized carbons (Fsp3) is 0.182. The third-order valence-corrected chi connectivity index (χ3v) is 2.04. The molecule has 0 fully saturated rings. The molecule has 1 aromatic carbocycles. The van der Waals surface area contributed by atoms with Gasteiger partial charge in [0.1, 0.15) is 11.5 Å². The molecule has 0 amide bonds. The third kappa shape index (κ3) is 1.93.